The lowest BCUT2D eigenvalue weighted by Crippen LogP contribution is -2.37. The molecular weight excluding hydrogens is 482 g/mol. The second kappa shape index (κ2) is 11.0. The van der Waals surface area contributed by atoms with Crippen molar-refractivity contribution in [3.63, 3.8) is 0 Å². The van der Waals surface area contributed by atoms with Crippen LogP contribution in [0.3, 0.4) is 0 Å². The summed E-state index contributed by atoms with van der Waals surface area (Å²) in [6.45, 7) is 5.44. The van der Waals surface area contributed by atoms with E-state index in [-0.39, 0.29) is 0 Å². The summed E-state index contributed by atoms with van der Waals surface area (Å²) in [4.78, 5) is 18.2. The van der Waals surface area contributed by atoms with Gasteiger partial charge in [-0.2, -0.15) is 15.1 Å². The molecule has 1 aromatic carbocycles. The third-order valence-corrected chi connectivity index (χ3v) is 6.23. The van der Waals surface area contributed by atoms with Gasteiger partial charge in [0.05, 0.1) is 31.7 Å². The number of nitrogens with one attached hydrogen (secondary N) is 1. The number of nitrogens with two attached hydrogens (primary N) is 1. The Bertz CT molecular complexity index is 1400. The number of benzene rings is 1. The third kappa shape index (κ3) is 5.38. The van der Waals surface area contributed by atoms with Gasteiger partial charge in [-0.3, -0.25) is 0 Å². The van der Waals surface area contributed by atoms with Crippen molar-refractivity contribution in [2.24, 2.45) is 0 Å². The van der Waals surface area contributed by atoms with Crippen LogP contribution in [-0.4, -0.2) is 77.1 Å². The van der Waals surface area contributed by atoms with Gasteiger partial charge in [0.1, 0.15) is 5.69 Å². The number of pyridine rings is 1. The Kier molecular flexibility index (Phi) is 7.38. The van der Waals surface area contributed by atoms with Gasteiger partial charge in [-0.05, 0) is 27.1 Å². The van der Waals surface area contributed by atoms with Crippen LogP contribution in [0.5, 0.6) is 5.88 Å². The average molecular weight is 516 g/mol. The lowest BCUT2D eigenvalue weighted by Gasteiger charge is -2.29. The van der Waals surface area contributed by atoms with Crippen LogP contribution in [0, 0.1) is 6.92 Å². The zero-order valence-electron chi connectivity index (χ0n) is 22.2. The van der Waals surface area contributed by atoms with Crippen molar-refractivity contribution in [2.75, 3.05) is 63.5 Å². The quantitative estimate of drug-likeness (QED) is 0.362. The van der Waals surface area contributed by atoms with Crippen molar-refractivity contribution in [3.05, 3.63) is 59.9 Å². The van der Waals surface area contributed by atoms with Crippen LogP contribution in [-0.2, 0) is 11.3 Å². The molecule has 0 unspecified atom stereocenters. The van der Waals surface area contributed by atoms with Crippen molar-refractivity contribution in [1.82, 2.24) is 29.6 Å². The summed E-state index contributed by atoms with van der Waals surface area (Å²) >= 11 is 0. The fourth-order valence-corrected chi connectivity index (χ4v) is 4.44. The van der Waals surface area contributed by atoms with Crippen LogP contribution < -0.4 is 20.7 Å². The molecule has 3 aromatic heterocycles. The molecule has 4 heterocycles. The Morgan fingerprint density at radius 3 is 2.58 bits per heavy atom. The van der Waals surface area contributed by atoms with Crippen molar-refractivity contribution in [1.29, 1.82) is 0 Å². The van der Waals surface area contributed by atoms with E-state index in [0.717, 1.165) is 42.0 Å². The molecule has 0 bridgehead atoms. The van der Waals surface area contributed by atoms with Crippen LogP contribution in [0.1, 0.15) is 11.1 Å². The Labute approximate surface area is 222 Å². The predicted molar refractivity (Wildman–Crippen MR) is 148 cm³/mol. The van der Waals surface area contributed by atoms with Gasteiger partial charge in [0.25, 0.3) is 0 Å². The van der Waals surface area contributed by atoms with Gasteiger partial charge in [0, 0.05) is 48.7 Å². The summed E-state index contributed by atoms with van der Waals surface area (Å²) in [5.41, 5.74) is 11.5. The molecule has 0 spiro atoms. The van der Waals surface area contributed by atoms with Gasteiger partial charge in [0.2, 0.25) is 11.8 Å². The van der Waals surface area contributed by atoms with Gasteiger partial charge in [-0.25, -0.2) is 9.67 Å². The molecule has 1 saturated heterocycles. The van der Waals surface area contributed by atoms with Crippen LogP contribution in [0.2, 0.25) is 0 Å². The number of nitrogens with zero attached hydrogens (tertiary/aromatic N) is 7. The molecule has 1 aliphatic heterocycles. The number of methoxy groups -OCH3 is 1. The molecule has 5 rings (SSSR count). The van der Waals surface area contributed by atoms with E-state index < -0.39 is 0 Å². The predicted octanol–water partition coefficient (Wildman–Crippen LogP) is 3.27. The summed E-state index contributed by atoms with van der Waals surface area (Å²) in [5.74, 6) is 2.15. The number of morpholine rings is 1. The minimum atomic E-state index is 0.384. The van der Waals surface area contributed by atoms with Crippen LogP contribution >= 0.6 is 0 Å². The standard InChI is InChI=1S/C27H33N9O2/c1-18-15-29-27(30-22-14-21(28)25(31-26(22)37-4)35-10-12-38-13-11-35)32-24(18)36-17-20(16-34(2)3)23(33-36)19-8-6-5-7-9-19/h5-9,14-15,17H,10-13,16,28H2,1-4H3,(H,29,30,32). The van der Waals surface area contributed by atoms with Crippen LogP contribution in [0.25, 0.3) is 17.1 Å². The monoisotopic (exact) mass is 515 g/mol. The van der Waals surface area contributed by atoms with E-state index >= 15 is 0 Å². The number of aromatic nitrogens is 5. The number of rotatable bonds is 8. The van der Waals surface area contributed by atoms with Crippen molar-refractivity contribution < 1.29 is 9.47 Å². The first-order valence-corrected chi connectivity index (χ1v) is 12.5. The summed E-state index contributed by atoms with van der Waals surface area (Å²) < 4.78 is 12.8. The lowest BCUT2D eigenvalue weighted by molar-refractivity contribution is 0.122. The van der Waals surface area contributed by atoms with E-state index in [2.05, 4.69) is 37.2 Å². The van der Waals surface area contributed by atoms with Crippen LogP contribution in [0.15, 0.2) is 48.8 Å². The van der Waals surface area contributed by atoms with Gasteiger partial charge in [0.15, 0.2) is 11.6 Å². The molecule has 38 heavy (non-hydrogen) atoms. The van der Waals surface area contributed by atoms with E-state index in [0.29, 0.717) is 48.1 Å². The van der Waals surface area contributed by atoms with E-state index in [9.17, 15) is 0 Å². The molecule has 3 N–H and O–H groups in total. The molecule has 1 aliphatic rings. The molecule has 4 aromatic rings. The van der Waals surface area contributed by atoms with Gasteiger partial charge in [-0.15, -0.1) is 0 Å². The fourth-order valence-electron chi connectivity index (χ4n) is 4.44. The van der Waals surface area contributed by atoms with Gasteiger partial charge < -0.3 is 30.3 Å². The maximum absolute atomic E-state index is 6.39. The normalized spacial score (nSPS) is 13.7. The highest BCUT2D eigenvalue weighted by Crippen LogP contribution is 2.33. The number of nitrogen functional groups attached to an aromatic ring is 1. The highest BCUT2D eigenvalue weighted by molar-refractivity contribution is 5.74. The molecule has 1 fully saturated rings. The Balaban J connectivity index is 1.48. The van der Waals surface area contributed by atoms with Crippen molar-refractivity contribution in [3.8, 4) is 23.0 Å². The molecular formula is C27H33N9O2. The minimum absolute atomic E-state index is 0.384. The second-order valence-electron chi connectivity index (χ2n) is 9.43. The lowest BCUT2D eigenvalue weighted by atomic mass is 10.1. The smallest absolute Gasteiger partial charge is 0.239 e. The summed E-state index contributed by atoms with van der Waals surface area (Å²) in [5, 5.41) is 8.16. The first-order chi connectivity index (χ1) is 18.4. The van der Waals surface area contributed by atoms with E-state index in [4.69, 9.17) is 25.3 Å². The first-order valence-electron chi connectivity index (χ1n) is 12.5. The fraction of sp³-hybridized carbons (Fsp3) is 0.333. The Hall–Kier alpha value is -4.22. The van der Waals surface area contributed by atoms with Crippen molar-refractivity contribution >= 4 is 23.1 Å². The molecule has 198 valence electrons. The number of hydrogen-bond donors (Lipinski definition) is 2. The van der Waals surface area contributed by atoms with E-state index in [1.165, 1.54) is 0 Å². The van der Waals surface area contributed by atoms with Gasteiger partial charge >= 0.3 is 0 Å². The maximum atomic E-state index is 6.39. The number of ether oxygens (including phenoxy) is 2. The summed E-state index contributed by atoms with van der Waals surface area (Å²) in [6.07, 6.45) is 3.80. The molecule has 11 nitrogen and oxygen atoms in total. The SMILES string of the molecule is COc1nc(N2CCOCC2)c(N)cc1Nc1ncc(C)c(-n2cc(CN(C)C)c(-c3ccccc3)n2)n1. The molecule has 11 heteroatoms. The molecule has 0 radical (unpaired) electrons. The highest BCUT2D eigenvalue weighted by atomic mass is 16.5. The topological polar surface area (TPSA) is 119 Å². The van der Waals surface area contributed by atoms with Crippen molar-refractivity contribution in [2.45, 2.75) is 13.5 Å². The minimum Gasteiger partial charge on any atom is -0.479 e. The zero-order chi connectivity index (χ0) is 26.6. The molecule has 0 amide bonds. The summed E-state index contributed by atoms with van der Waals surface area (Å²) in [7, 11) is 5.67. The highest BCUT2D eigenvalue weighted by Gasteiger charge is 2.20. The first kappa shape index (κ1) is 25.4. The average Bonchev–Trinajstić information content (AvgIpc) is 3.33. The molecule has 0 saturated carbocycles. The number of anilines is 4. The zero-order valence-corrected chi connectivity index (χ0v) is 22.2. The van der Waals surface area contributed by atoms with E-state index in [1.807, 2.05) is 50.1 Å². The second-order valence-corrected chi connectivity index (χ2v) is 9.43. The molecule has 0 aliphatic carbocycles. The Morgan fingerprint density at radius 2 is 1.87 bits per heavy atom. The Morgan fingerprint density at radius 1 is 1.11 bits per heavy atom. The van der Waals surface area contributed by atoms with Crippen LogP contribution in [0.4, 0.5) is 23.1 Å². The number of aryl methyl sites for hydroxylation is 1. The maximum Gasteiger partial charge on any atom is 0.239 e. The van der Waals surface area contributed by atoms with E-state index in [1.54, 1.807) is 19.4 Å². The third-order valence-electron chi connectivity index (χ3n) is 6.23. The summed E-state index contributed by atoms with van der Waals surface area (Å²) in [6, 6.07) is 12.0. The largest absolute Gasteiger partial charge is 0.479 e. The molecule has 0 atom stereocenters. The van der Waals surface area contributed by atoms with Gasteiger partial charge in [-0.1, -0.05) is 30.3 Å². The number of hydrogen-bond acceptors (Lipinski definition) is 10.